The van der Waals surface area contributed by atoms with Crippen molar-refractivity contribution in [2.45, 2.75) is 6.54 Å². The highest BCUT2D eigenvalue weighted by atomic mass is 79.9. The number of aromatic nitrogens is 3. The van der Waals surface area contributed by atoms with Crippen molar-refractivity contribution in [1.82, 2.24) is 19.5 Å². The van der Waals surface area contributed by atoms with E-state index in [1.54, 1.807) is 18.5 Å². The van der Waals surface area contributed by atoms with Crippen LogP contribution in [0.2, 0.25) is 0 Å². The smallest absolute Gasteiger partial charge is 0.154 e. The molecule has 7 heteroatoms. The minimum absolute atomic E-state index is 0.161. The van der Waals surface area contributed by atoms with Gasteiger partial charge in [0, 0.05) is 50.7 Å². The van der Waals surface area contributed by atoms with Gasteiger partial charge in [0.15, 0.2) is 5.82 Å². The summed E-state index contributed by atoms with van der Waals surface area (Å²) in [6.45, 7) is 4.12. The van der Waals surface area contributed by atoms with Crippen LogP contribution in [0, 0.1) is 5.82 Å². The lowest BCUT2D eigenvalue weighted by atomic mass is 10.2. The molecule has 0 unspecified atom stereocenters. The fourth-order valence-corrected chi connectivity index (χ4v) is 3.52. The van der Waals surface area contributed by atoms with E-state index in [1.807, 2.05) is 28.9 Å². The average molecular weight is 390 g/mol. The van der Waals surface area contributed by atoms with E-state index in [9.17, 15) is 4.39 Å². The summed E-state index contributed by atoms with van der Waals surface area (Å²) in [5, 5.41) is 4.26. The molecular formula is C17H17BrFN5. The third kappa shape index (κ3) is 2.89. The molecule has 2 aromatic heterocycles. The van der Waals surface area contributed by atoms with Crippen LogP contribution in [-0.4, -0.2) is 45.7 Å². The number of anilines is 1. The second-order valence-corrected chi connectivity index (χ2v) is 6.74. The molecule has 0 spiro atoms. The SMILES string of the molecule is Fc1c(Br)cccc1CN1CCN(c2nccn3nccc23)CC1. The van der Waals surface area contributed by atoms with Crippen molar-refractivity contribution in [1.29, 1.82) is 0 Å². The number of halogens is 2. The second-order valence-electron chi connectivity index (χ2n) is 5.89. The fraction of sp³-hybridized carbons (Fsp3) is 0.294. The molecule has 3 heterocycles. The number of piperazine rings is 1. The predicted molar refractivity (Wildman–Crippen MR) is 94.6 cm³/mol. The maximum Gasteiger partial charge on any atom is 0.154 e. The van der Waals surface area contributed by atoms with E-state index >= 15 is 0 Å². The van der Waals surface area contributed by atoms with Gasteiger partial charge in [-0.2, -0.15) is 5.10 Å². The van der Waals surface area contributed by atoms with Gasteiger partial charge in [0.1, 0.15) is 11.3 Å². The first kappa shape index (κ1) is 15.5. The second kappa shape index (κ2) is 6.49. The molecule has 1 aliphatic rings. The molecule has 1 saturated heterocycles. The Kier molecular flexibility index (Phi) is 4.20. The monoisotopic (exact) mass is 389 g/mol. The molecule has 1 fully saturated rings. The molecule has 4 rings (SSSR count). The largest absolute Gasteiger partial charge is 0.352 e. The summed E-state index contributed by atoms with van der Waals surface area (Å²) in [7, 11) is 0. The van der Waals surface area contributed by atoms with Gasteiger partial charge < -0.3 is 4.90 Å². The standard InChI is InChI=1S/C17H17BrFN5/c18-14-3-1-2-13(16(14)19)12-22-8-10-23(11-9-22)17-15-4-5-21-24(15)7-6-20-17/h1-7H,8-12H2. The molecule has 0 aliphatic carbocycles. The lowest BCUT2D eigenvalue weighted by Gasteiger charge is -2.35. The van der Waals surface area contributed by atoms with Crippen molar-refractivity contribution in [3.8, 4) is 0 Å². The minimum Gasteiger partial charge on any atom is -0.352 e. The Bertz CT molecular complexity index is 857. The lowest BCUT2D eigenvalue weighted by Crippen LogP contribution is -2.46. The topological polar surface area (TPSA) is 36.7 Å². The van der Waals surface area contributed by atoms with Crippen LogP contribution in [0.5, 0.6) is 0 Å². The Morgan fingerprint density at radius 2 is 1.92 bits per heavy atom. The molecule has 5 nitrogen and oxygen atoms in total. The zero-order valence-corrected chi connectivity index (χ0v) is 14.7. The molecule has 24 heavy (non-hydrogen) atoms. The van der Waals surface area contributed by atoms with Crippen molar-refractivity contribution < 1.29 is 4.39 Å². The Morgan fingerprint density at radius 1 is 1.08 bits per heavy atom. The van der Waals surface area contributed by atoms with Crippen LogP contribution in [0.25, 0.3) is 5.52 Å². The summed E-state index contributed by atoms with van der Waals surface area (Å²) in [6.07, 6.45) is 5.41. The summed E-state index contributed by atoms with van der Waals surface area (Å²) < 4.78 is 16.5. The third-order valence-corrected chi connectivity index (χ3v) is 5.01. The number of rotatable bonds is 3. The Morgan fingerprint density at radius 3 is 2.75 bits per heavy atom. The molecule has 0 N–H and O–H groups in total. The Balaban J connectivity index is 1.45. The maximum absolute atomic E-state index is 14.1. The van der Waals surface area contributed by atoms with Crippen LogP contribution in [-0.2, 0) is 6.54 Å². The highest BCUT2D eigenvalue weighted by molar-refractivity contribution is 9.10. The van der Waals surface area contributed by atoms with E-state index in [2.05, 4.69) is 35.8 Å². The Labute approximate surface area is 147 Å². The van der Waals surface area contributed by atoms with Gasteiger partial charge in [-0.05, 0) is 28.1 Å². The third-order valence-electron chi connectivity index (χ3n) is 4.40. The summed E-state index contributed by atoms with van der Waals surface area (Å²) in [6, 6.07) is 7.43. The highest BCUT2D eigenvalue weighted by Gasteiger charge is 2.21. The van der Waals surface area contributed by atoms with E-state index in [0.29, 0.717) is 11.0 Å². The molecule has 0 radical (unpaired) electrons. The summed E-state index contributed by atoms with van der Waals surface area (Å²) in [4.78, 5) is 9.06. The van der Waals surface area contributed by atoms with Gasteiger partial charge in [0.25, 0.3) is 0 Å². The van der Waals surface area contributed by atoms with E-state index in [-0.39, 0.29) is 5.82 Å². The van der Waals surface area contributed by atoms with Crippen LogP contribution in [0.4, 0.5) is 10.2 Å². The molecule has 0 saturated carbocycles. The van der Waals surface area contributed by atoms with Crippen LogP contribution in [0.1, 0.15) is 5.56 Å². The molecule has 3 aromatic rings. The maximum atomic E-state index is 14.1. The van der Waals surface area contributed by atoms with E-state index < -0.39 is 0 Å². The first-order valence-electron chi connectivity index (χ1n) is 7.91. The van der Waals surface area contributed by atoms with Gasteiger partial charge in [-0.3, -0.25) is 4.90 Å². The van der Waals surface area contributed by atoms with Gasteiger partial charge in [0.2, 0.25) is 0 Å². The van der Waals surface area contributed by atoms with Crippen molar-refractivity contribution in [2.75, 3.05) is 31.1 Å². The minimum atomic E-state index is -0.161. The number of hydrogen-bond acceptors (Lipinski definition) is 4. The first-order chi connectivity index (χ1) is 11.7. The number of benzene rings is 1. The van der Waals surface area contributed by atoms with Crippen LogP contribution >= 0.6 is 15.9 Å². The number of hydrogen-bond donors (Lipinski definition) is 0. The fourth-order valence-electron chi connectivity index (χ4n) is 3.12. The van der Waals surface area contributed by atoms with E-state index in [1.165, 1.54) is 0 Å². The van der Waals surface area contributed by atoms with Crippen molar-refractivity contribution in [3.63, 3.8) is 0 Å². The first-order valence-corrected chi connectivity index (χ1v) is 8.70. The quantitative estimate of drug-likeness (QED) is 0.689. The van der Waals surface area contributed by atoms with E-state index in [0.717, 1.165) is 43.1 Å². The molecule has 1 aromatic carbocycles. The van der Waals surface area contributed by atoms with Gasteiger partial charge in [0.05, 0.1) is 10.7 Å². The van der Waals surface area contributed by atoms with Crippen molar-refractivity contribution in [2.24, 2.45) is 0 Å². The van der Waals surface area contributed by atoms with Gasteiger partial charge in [-0.25, -0.2) is 13.9 Å². The number of nitrogens with zero attached hydrogens (tertiary/aromatic N) is 5. The normalized spacial score (nSPS) is 16.0. The van der Waals surface area contributed by atoms with Crippen LogP contribution < -0.4 is 4.90 Å². The van der Waals surface area contributed by atoms with Crippen LogP contribution in [0.3, 0.4) is 0 Å². The van der Waals surface area contributed by atoms with Crippen LogP contribution in [0.15, 0.2) is 47.3 Å². The Hall–Kier alpha value is -1.99. The molecule has 1 aliphatic heterocycles. The molecule has 0 atom stereocenters. The highest BCUT2D eigenvalue weighted by Crippen LogP contribution is 2.22. The molecule has 0 amide bonds. The average Bonchev–Trinajstić information content (AvgIpc) is 3.08. The van der Waals surface area contributed by atoms with Gasteiger partial charge in [-0.1, -0.05) is 12.1 Å². The zero-order chi connectivity index (χ0) is 16.5. The lowest BCUT2D eigenvalue weighted by molar-refractivity contribution is 0.246. The summed E-state index contributed by atoms with van der Waals surface area (Å²) in [5.41, 5.74) is 1.75. The zero-order valence-electron chi connectivity index (χ0n) is 13.1. The van der Waals surface area contributed by atoms with Crippen molar-refractivity contribution in [3.05, 3.63) is 58.7 Å². The molecule has 0 bridgehead atoms. The molecular weight excluding hydrogens is 373 g/mol. The summed E-state index contributed by atoms with van der Waals surface area (Å²) in [5.74, 6) is 0.800. The number of fused-ring (bicyclic) bond motifs is 1. The van der Waals surface area contributed by atoms with Crippen molar-refractivity contribution >= 4 is 27.3 Å². The molecule has 124 valence electrons. The predicted octanol–water partition coefficient (Wildman–Crippen LogP) is 2.95. The van der Waals surface area contributed by atoms with Gasteiger partial charge >= 0.3 is 0 Å². The van der Waals surface area contributed by atoms with Gasteiger partial charge in [-0.15, -0.1) is 0 Å². The van der Waals surface area contributed by atoms with E-state index in [4.69, 9.17) is 0 Å². The summed E-state index contributed by atoms with van der Waals surface area (Å²) >= 11 is 3.25.